The van der Waals surface area contributed by atoms with Crippen molar-refractivity contribution in [2.45, 2.75) is 27.2 Å². The minimum atomic E-state index is -0.285. The molecule has 1 saturated heterocycles. The zero-order valence-corrected chi connectivity index (χ0v) is 15.6. The number of carbonyl (C=O) groups excluding carboxylic acids is 2. The van der Waals surface area contributed by atoms with E-state index >= 15 is 0 Å². The number of allylic oxidation sites excluding steroid dienone is 1. The Labute approximate surface area is 150 Å². The standard InChI is InChI=1S/C20H28N2O3/c1-14(2)15(3)18(20(24)25-4)13-16-5-7-17(8-6-16)19(23)22-11-9-21-10-12-22/h5-8,14,21H,9-13H2,1-4H3. The largest absolute Gasteiger partial charge is 0.466 e. The molecule has 0 atom stereocenters. The van der Waals surface area contributed by atoms with Gasteiger partial charge in [0.2, 0.25) is 0 Å². The van der Waals surface area contributed by atoms with Crippen molar-refractivity contribution in [3.8, 4) is 0 Å². The van der Waals surface area contributed by atoms with Crippen LogP contribution in [0.4, 0.5) is 0 Å². The van der Waals surface area contributed by atoms with Crippen LogP contribution in [0.5, 0.6) is 0 Å². The van der Waals surface area contributed by atoms with Gasteiger partial charge in [0, 0.05) is 43.7 Å². The number of benzene rings is 1. The van der Waals surface area contributed by atoms with E-state index in [9.17, 15) is 9.59 Å². The maximum atomic E-state index is 12.5. The van der Waals surface area contributed by atoms with Gasteiger partial charge < -0.3 is 15.0 Å². The van der Waals surface area contributed by atoms with Crippen molar-refractivity contribution in [2.24, 2.45) is 5.92 Å². The highest BCUT2D eigenvalue weighted by molar-refractivity contribution is 5.94. The van der Waals surface area contributed by atoms with Crippen LogP contribution in [0.1, 0.15) is 36.7 Å². The van der Waals surface area contributed by atoms with Crippen molar-refractivity contribution in [1.29, 1.82) is 0 Å². The van der Waals surface area contributed by atoms with Gasteiger partial charge in [-0.25, -0.2) is 4.79 Å². The summed E-state index contributed by atoms with van der Waals surface area (Å²) in [5.41, 5.74) is 3.42. The first-order chi connectivity index (χ1) is 11.9. The van der Waals surface area contributed by atoms with E-state index in [0.29, 0.717) is 17.6 Å². The quantitative estimate of drug-likeness (QED) is 0.658. The third-order valence-electron chi connectivity index (χ3n) is 4.76. The summed E-state index contributed by atoms with van der Waals surface area (Å²) in [7, 11) is 1.41. The van der Waals surface area contributed by atoms with Crippen molar-refractivity contribution < 1.29 is 14.3 Å². The summed E-state index contributed by atoms with van der Waals surface area (Å²) in [6.07, 6.45) is 0.513. The average molecular weight is 344 g/mol. The lowest BCUT2D eigenvalue weighted by molar-refractivity contribution is -0.136. The summed E-state index contributed by atoms with van der Waals surface area (Å²) >= 11 is 0. The van der Waals surface area contributed by atoms with Crippen LogP contribution in [-0.4, -0.2) is 50.1 Å². The molecule has 0 aliphatic carbocycles. The smallest absolute Gasteiger partial charge is 0.334 e. The first-order valence-corrected chi connectivity index (χ1v) is 8.81. The lowest BCUT2D eigenvalue weighted by Gasteiger charge is -2.27. The zero-order valence-electron chi connectivity index (χ0n) is 15.6. The lowest BCUT2D eigenvalue weighted by Crippen LogP contribution is -2.46. The van der Waals surface area contributed by atoms with Gasteiger partial charge in [0.1, 0.15) is 0 Å². The number of rotatable bonds is 5. The molecule has 25 heavy (non-hydrogen) atoms. The number of amides is 1. The van der Waals surface area contributed by atoms with Gasteiger partial charge >= 0.3 is 5.97 Å². The number of methoxy groups -OCH3 is 1. The minimum Gasteiger partial charge on any atom is -0.466 e. The molecule has 5 heteroatoms. The first kappa shape index (κ1) is 19.2. The van der Waals surface area contributed by atoms with E-state index < -0.39 is 0 Å². The second-order valence-electron chi connectivity index (χ2n) is 6.72. The van der Waals surface area contributed by atoms with Crippen LogP contribution < -0.4 is 5.32 Å². The zero-order chi connectivity index (χ0) is 18.4. The monoisotopic (exact) mass is 344 g/mol. The second-order valence-corrected chi connectivity index (χ2v) is 6.72. The Morgan fingerprint density at radius 1 is 1.16 bits per heavy atom. The highest BCUT2D eigenvalue weighted by Gasteiger charge is 2.19. The molecule has 136 valence electrons. The normalized spacial score (nSPS) is 15.8. The summed E-state index contributed by atoms with van der Waals surface area (Å²) in [5.74, 6) is 0.0602. The van der Waals surface area contributed by atoms with Crippen molar-refractivity contribution >= 4 is 11.9 Å². The molecule has 0 bridgehead atoms. The summed E-state index contributed by atoms with van der Waals surface area (Å²) in [4.78, 5) is 26.5. The Morgan fingerprint density at radius 3 is 2.28 bits per heavy atom. The number of esters is 1. The van der Waals surface area contributed by atoms with E-state index in [2.05, 4.69) is 19.2 Å². The third kappa shape index (κ3) is 4.92. The molecular formula is C20H28N2O3. The Balaban J connectivity index is 2.14. The fourth-order valence-corrected chi connectivity index (χ4v) is 2.86. The molecule has 1 aliphatic heterocycles. The Bertz CT molecular complexity index is 641. The molecule has 1 heterocycles. The molecule has 1 aliphatic rings. The van der Waals surface area contributed by atoms with Gasteiger partial charge in [0.15, 0.2) is 0 Å². The number of nitrogens with one attached hydrogen (secondary N) is 1. The van der Waals surface area contributed by atoms with Crippen LogP contribution in [-0.2, 0) is 16.0 Å². The average Bonchev–Trinajstić information content (AvgIpc) is 2.65. The molecular weight excluding hydrogens is 316 g/mol. The van der Waals surface area contributed by atoms with Crippen molar-refractivity contribution in [3.05, 3.63) is 46.5 Å². The van der Waals surface area contributed by atoms with Gasteiger partial charge in [-0.05, 0) is 30.5 Å². The summed E-state index contributed by atoms with van der Waals surface area (Å²) in [6.45, 7) is 9.25. The predicted octanol–water partition coefficient (Wildman–Crippen LogP) is 2.42. The molecule has 0 unspecified atom stereocenters. The number of hydrogen-bond acceptors (Lipinski definition) is 4. The molecule has 0 radical (unpaired) electrons. The van der Waals surface area contributed by atoms with Gasteiger partial charge in [-0.1, -0.05) is 31.6 Å². The maximum Gasteiger partial charge on any atom is 0.334 e. The second kappa shape index (κ2) is 8.81. The fourth-order valence-electron chi connectivity index (χ4n) is 2.86. The van der Waals surface area contributed by atoms with Gasteiger partial charge in [0.05, 0.1) is 7.11 Å². The number of piperazine rings is 1. The minimum absolute atomic E-state index is 0.0649. The lowest BCUT2D eigenvalue weighted by atomic mass is 9.94. The number of ether oxygens (including phenoxy) is 1. The number of nitrogens with zero attached hydrogens (tertiary/aromatic N) is 1. The van der Waals surface area contributed by atoms with Gasteiger partial charge in [-0.2, -0.15) is 0 Å². The SMILES string of the molecule is COC(=O)C(Cc1ccc(C(=O)N2CCNCC2)cc1)=C(C)C(C)C. The van der Waals surface area contributed by atoms with Crippen molar-refractivity contribution in [1.82, 2.24) is 10.2 Å². The highest BCUT2D eigenvalue weighted by atomic mass is 16.5. The summed E-state index contributed by atoms with van der Waals surface area (Å²) in [6, 6.07) is 7.54. The number of hydrogen-bond donors (Lipinski definition) is 1. The van der Waals surface area contributed by atoms with E-state index in [4.69, 9.17) is 4.74 Å². The Kier molecular flexibility index (Phi) is 6.76. The van der Waals surface area contributed by atoms with Crippen LogP contribution in [0.3, 0.4) is 0 Å². The maximum absolute atomic E-state index is 12.5. The fraction of sp³-hybridized carbons (Fsp3) is 0.500. The van der Waals surface area contributed by atoms with Gasteiger partial charge in [-0.15, -0.1) is 0 Å². The van der Waals surface area contributed by atoms with Crippen LogP contribution >= 0.6 is 0 Å². The number of carbonyl (C=O) groups is 2. The molecule has 1 aromatic carbocycles. The van der Waals surface area contributed by atoms with E-state index in [1.807, 2.05) is 36.1 Å². The van der Waals surface area contributed by atoms with Crippen molar-refractivity contribution in [2.75, 3.05) is 33.3 Å². The third-order valence-corrected chi connectivity index (χ3v) is 4.76. The Morgan fingerprint density at radius 2 is 1.76 bits per heavy atom. The molecule has 1 fully saturated rings. The van der Waals surface area contributed by atoms with E-state index in [-0.39, 0.29) is 17.8 Å². The predicted molar refractivity (Wildman–Crippen MR) is 98.5 cm³/mol. The molecule has 0 spiro atoms. The Hall–Kier alpha value is -2.14. The van der Waals surface area contributed by atoms with Crippen LogP contribution in [0.2, 0.25) is 0 Å². The van der Waals surface area contributed by atoms with Gasteiger partial charge in [-0.3, -0.25) is 4.79 Å². The first-order valence-electron chi connectivity index (χ1n) is 8.81. The summed E-state index contributed by atoms with van der Waals surface area (Å²) in [5, 5.41) is 3.24. The molecule has 1 aromatic rings. The molecule has 0 saturated carbocycles. The van der Waals surface area contributed by atoms with Crippen LogP contribution in [0.25, 0.3) is 0 Å². The van der Waals surface area contributed by atoms with E-state index in [0.717, 1.165) is 37.3 Å². The molecule has 5 nitrogen and oxygen atoms in total. The van der Waals surface area contributed by atoms with Crippen LogP contribution in [0, 0.1) is 5.92 Å². The van der Waals surface area contributed by atoms with E-state index in [1.165, 1.54) is 7.11 Å². The highest BCUT2D eigenvalue weighted by Crippen LogP contribution is 2.20. The molecule has 0 aromatic heterocycles. The molecule has 1 N–H and O–H groups in total. The topological polar surface area (TPSA) is 58.6 Å². The summed E-state index contributed by atoms with van der Waals surface area (Å²) < 4.78 is 4.93. The van der Waals surface area contributed by atoms with Gasteiger partial charge in [0.25, 0.3) is 5.91 Å². The van der Waals surface area contributed by atoms with E-state index in [1.54, 1.807) is 0 Å². The molecule has 1 amide bonds. The van der Waals surface area contributed by atoms with Crippen LogP contribution in [0.15, 0.2) is 35.4 Å². The van der Waals surface area contributed by atoms with Crippen molar-refractivity contribution in [3.63, 3.8) is 0 Å². The molecule has 2 rings (SSSR count).